The van der Waals surface area contributed by atoms with Crippen LogP contribution in [-0.4, -0.2) is 61.0 Å². The van der Waals surface area contributed by atoms with Gasteiger partial charge in [0.25, 0.3) is 0 Å². The first-order valence-corrected chi connectivity index (χ1v) is 11.4. The van der Waals surface area contributed by atoms with Crippen molar-refractivity contribution in [3.05, 3.63) is 23.9 Å². The zero-order chi connectivity index (χ0) is 21.9. The van der Waals surface area contributed by atoms with Crippen LogP contribution in [0.5, 0.6) is 0 Å². The SMILES string of the molecule is CCNC(=NCc1ccc(N2CC(C)OC(C)C2)nc1)NCC(CCO)CC(C)C. The van der Waals surface area contributed by atoms with E-state index in [0.717, 1.165) is 56.4 Å². The number of ether oxygens (including phenoxy) is 1. The highest BCUT2D eigenvalue weighted by atomic mass is 16.5. The third-order valence-electron chi connectivity index (χ3n) is 5.22. The summed E-state index contributed by atoms with van der Waals surface area (Å²) in [6.45, 7) is 14.9. The minimum absolute atomic E-state index is 0.221. The largest absolute Gasteiger partial charge is 0.396 e. The second-order valence-corrected chi connectivity index (χ2v) is 8.77. The number of aliphatic imine (C=N–C) groups is 1. The number of anilines is 1. The lowest BCUT2D eigenvalue weighted by molar-refractivity contribution is -0.00545. The summed E-state index contributed by atoms with van der Waals surface area (Å²) in [6, 6.07) is 4.18. The Morgan fingerprint density at radius 3 is 2.57 bits per heavy atom. The van der Waals surface area contributed by atoms with Gasteiger partial charge in [-0.15, -0.1) is 0 Å². The Labute approximate surface area is 182 Å². The number of aliphatic hydroxyl groups is 1. The van der Waals surface area contributed by atoms with Crippen molar-refractivity contribution in [3.63, 3.8) is 0 Å². The smallest absolute Gasteiger partial charge is 0.191 e. The highest BCUT2D eigenvalue weighted by Crippen LogP contribution is 2.18. The van der Waals surface area contributed by atoms with Gasteiger partial charge in [0.05, 0.1) is 18.8 Å². The van der Waals surface area contributed by atoms with E-state index in [9.17, 15) is 5.11 Å². The van der Waals surface area contributed by atoms with Crippen LogP contribution in [0, 0.1) is 11.8 Å². The molecule has 2 rings (SSSR count). The van der Waals surface area contributed by atoms with Crippen LogP contribution in [0.25, 0.3) is 0 Å². The molecule has 170 valence electrons. The second-order valence-electron chi connectivity index (χ2n) is 8.77. The van der Waals surface area contributed by atoms with Crippen molar-refractivity contribution in [2.75, 3.05) is 37.7 Å². The quantitative estimate of drug-likeness (QED) is 0.400. The van der Waals surface area contributed by atoms with E-state index in [1.807, 2.05) is 6.20 Å². The van der Waals surface area contributed by atoms with E-state index in [-0.39, 0.29) is 18.8 Å². The van der Waals surface area contributed by atoms with Gasteiger partial charge >= 0.3 is 0 Å². The molecule has 0 saturated carbocycles. The van der Waals surface area contributed by atoms with E-state index >= 15 is 0 Å². The predicted octanol–water partition coefficient (Wildman–Crippen LogP) is 2.80. The molecule has 1 aliphatic rings. The van der Waals surface area contributed by atoms with E-state index in [4.69, 9.17) is 9.73 Å². The Bertz CT molecular complexity index is 625. The van der Waals surface area contributed by atoms with Gasteiger partial charge in [-0.05, 0) is 57.1 Å². The monoisotopic (exact) mass is 419 g/mol. The zero-order valence-corrected chi connectivity index (χ0v) is 19.4. The minimum Gasteiger partial charge on any atom is -0.396 e. The van der Waals surface area contributed by atoms with Crippen LogP contribution >= 0.6 is 0 Å². The summed E-state index contributed by atoms with van der Waals surface area (Å²) in [5.74, 6) is 2.86. The fourth-order valence-electron chi connectivity index (χ4n) is 3.97. The summed E-state index contributed by atoms with van der Waals surface area (Å²) in [6.07, 6.45) is 4.27. The summed E-state index contributed by atoms with van der Waals surface area (Å²) >= 11 is 0. The van der Waals surface area contributed by atoms with Crippen molar-refractivity contribution in [2.24, 2.45) is 16.8 Å². The number of hydrogen-bond donors (Lipinski definition) is 3. The first-order valence-electron chi connectivity index (χ1n) is 11.4. The van der Waals surface area contributed by atoms with Gasteiger partial charge in [-0.2, -0.15) is 0 Å². The van der Waals surface area contributed by atoms with E-state index in [0.29, 0.717) is 18.4 Å². The minimum atomic E-state index is 0.221. The molecule has 1 aromatic heterocycles. The molecule has 2 heterocycles. The Morgan fingerprint density at radius 2 is 2.00 bits per heavy atom. The summed E-state index contributed by atoms with van der Waals surface area (Å²) in [7, 11) is 0. The number of rotatable bonds is 10. The standard InChI is InChI=1S/C23H41N5O2/c1-6-24-23(26-12-20(9-10-29)11-17(2)3)27-14-21-7-8-22(25-13-21)28-15-18(4)30-19(5)16-28/h7-8,13,17-20,29H,6,9-12,14-16H2,1-5H3,(H2,24,26,27). The number of nitrogens with zero attached hydrogens (tertiary/aromatic N) is 3. The van der Waals surface area contributed by atoms with E-state index in [2.05, 4.69) is 67.3 Å². The normalized spacial score (nSPS) is 21.0. The summed E-state index contributed by atoms with van der Waals surface area (Å²) in [5.41, 5.74) is 1.08. The lowest BCUT2D eigenvalue weighted by atomic mass is 9.94. The van der Waals surface area contributed by atoms with Crippen molar-refractivity contribution >= 4 is 11.8 Å². The first-order chi connectivity index (χ1) is 14.4. The molecular formula is C23H41N5O2. The Kier molecular flexibility index (Phi) is 10.4. The molecule has 0 aromatic carbocycles. The molecule has 3 unspecified atom stereocenters. The maximum Gasteiger partial charge on any atom is 0.191 e. The number of nitrogens with one attached hydrogen (secondary N) is 2. The molecule has 1 aliphatic heterocycles. The molecule has 0 aliphatic carbocycles. The summed E-state index contributed by atoms with van der Waals surface area (Å²) < 4.78 is 5.81. The third-order valence-corrected chi connectivity index (χ3v) is 5.22. The first kappa shape index (κ1) is 24.4. The number of morpholine rings is 1. The van der Waals surface area contributed by atoms with Crippen LogP contribution in [0.2, 0.25) is 0 Å². The van der Waals surface area contributed by atoms with E-state index < -0.39 is 0 Å². The lowest BCUT2D eigenvalue weighted by Gasteiger charge is -2.36. The highest BCUT2D eigenvalue weighted by Gasteiger charge is 2.22. The van der Waals surface area contributed by atoms with Gasteiger partial charge in [0, 0.05) is 39.0 Å². The summed E-state index contributed by atoms with van der Waals surface area (Å²) in [5, 5.41) is 16.1. The Balaban J connectivity index is 1.93. The number of aromatic nitrogens is 1. The molecule has 3 N–H and O–H groups in total. The fourth-order valence-corrected chi connectivity index (χ4v) is 3.97. The maximum absolute atomic E-state index is 9.32. The number of pyridine rings is 1. The molecule has 3 atom stereocenters. The molecule has 7 nitrogen and oxygen atoms in total. The molecule has 7 heteroatoms. The Hall–Kier alpha value is -1.86. The third kappa shape index (κ3) is 8.48. The molecule has 0 radical (unpaired) electrons. The van der Waals surface area contributed by atoms with Gasteiger partial charge in [-0.3, -0.25) is 0 Å². The molecule has 1 fully saturated rings. The van der Waals surface area contributed by atoms with E-state index in [1.54, 1.807) is 0 Å². The Morgan fingerprint density at radius 1 is 1.27 bits per heavy atom. The van der Waals surface area contributed by atoms with Crippen molar-refractivity contribution in [1.29, 1.82) is 0 Å². The predicted molar refractivity (Wildman–Crippen MR) is 124 cm³/mol. The van der Waals surface area contributed by atoms with Crippen molar-refractivity contribution in [3.8, 4) is 0 Å². The van der Waals surface area contributed by atoms with Crippen molar-refractivity contribution in [1.82, 2.24) is 15.6 Å². The molecule has 1 saturated heterocycles. The van der Waals surface area contributed by atoms with Crippen molar-refractivity contribution < 1.29 is 9.84 Å². The molecule has 0 spiro atoms. The average Bonchev–Trinajstić information content (AvgIpc) is 2.69. The van der Waals surface area contributed by atoms with Crippen LogP contribution in [0.15, 0.2) is 23.3 Å². The van der Waals surface area contributed by atoms with Crippen LogP contribution in [0.3, 0.4) is 0 Å². The van der Waals surface area contributed by atoms with Gasteiger partial charge in [-0.1, -0.05) is 19.9 Å². The molecule has 0 bridgehead atoms. The van der Waals surface area contributed by atoms with Gasteiger partial charge in [0.2, 0.25) is 0 Å². The molecule has 30 heavy (non-hydrogen) atoms. The second kappa shape index (κ2) is 12.7. The summed E-state index contributed by atoms with van der Waals surface area (Å²) in [4.78, 5) is 11.7. The molecular weight excluding hydrogens is 378 g/mol. The molecule has 1 aromatic rings. The van der Waals surface area contributed by atoms with Gasteiger partial charge < -0.3 is 25.4 Å². The number of aliphatic hydroxyl groups excluding tert-OH is 1. The molecule has 0 amide bonds. The van der Waals surface area contributed by atoms with Gasteiger partial charge in [0.15, 0.2) is 5.96 Å². The van der Waals surface area contributed by atoms with Crippen LogP contribution in [0.4, 0.5) is 5.82 Å². The van der Waals surface area contributed by atoms with Gasteiger partial charge in [-0.25, -0.2) is 9.98 Å². The topological polar surface area (TPSA) is 82.0 Å². The highest BCUT2D eigenvalue weighted by molar-refractivity contribution is 5.79. The number of hydrogen-bond acceptors (Lipinski definition) is 5. The maximum atomic E-state index is 9.32. The van der Waals surface area contributed by atoms with Crippen LogP contribution in [-0.2, 0) is 11.3 Å². The van der Waals surface area contributed by atoms with Crippen LogP contribution < -0.4 is 15.5 Å². The average molecular weight is 420 g/mol. The van der Waals surface area contributed by atoms with Crippen molar-refractivity contribution in [2.45, 2.75) is 66.2 Å². The zero-order valence-electron chi connectivity index (χ0n) is 19.4. The fraction of sp³-hybridized carbons (Fsp3) is 0.739. The van der Waals surface area contributed by atoms with Crippen LogP contribution in [0.1, 0.15) is 53.0 Å². The number of guanidine groups is 1. The van der Waals surface area contributed by atoms with E-state index in [1.165, 1.54) is 0 Å². The van der Waals surface area contributed by atoms with Gasteiger partial charge in [0.1, 0.15) is 5.82 Å². The lowest BCUT2D eigenvalue weighted by Crippen LogP contribution is -2.45.